The summed E-state index contributed by atoms with van der Waals surface area (Å²) in [5.74, 6) is -1.11. The van der Waals surface area contributed by atoms with Crippen LogP contribution in [0, 0.1) is 30.9 Å². The maximum Gasteiger partial charge on any atom is 0.329 e. The molecule has 0 saturated carbocycles. The van der Waals surface area contributed by atoms with Gasteiger partial charge < -0.3 is 15.2 Å². The van der Waals surface area contributed by atoms with Crippen LogP contribution in [0.1, 0.15) is 22.5 Å². The van der Waals surface area contributed by atoms with E-state index >= 15 is 0 Å². The van der Waals surface area contributed by atoms with E-state index in [9.17, 15) is 24.5 Å². The van der Waals surface area contributed by atoms with E-state index in [1.54, 1.807) is 30.3 Å². The van der Waals surface area contributed by atoms with Gasteiger partial charge in [-0.25, -0.2) is 9.69 Å². The molecule has 10 heteroatoms. The number of benzene rings is 2. The van der Waals surface area contributed by atoms with Crippen molar-refractivity contribution in [3.05, 3.63) is 92.9 Å². The minimum Gasteiger partial charge on any atom is -0.325 e. The van der Waals surface area contributed by atoms with Crippen molar-refractivity contribution in [3.63, 3.8) is 0 Å². The molecule has 0 radical (unpaired) electrons. The van der Waals surface area contributed by atoms with Crippen molar-refractivity contribution in [2.24, 2.45) is 0 Å². The van der Waals surface area contributed by atoms with Crippen LogP contribution in [0.5, 0.6) is 0 Å². The number of rotatable bonds is 6. The Morgan fingerprint density at radius 3 is 2.54 bits per heavy atom. The van der Waals surface area contributed by atoms with E-state index in [-0.39, 0.29) is 11.4 Å². The topological polar surface area (TPSA) is 127 Å². The van der Waals surface area contributed by atoms with Gasteiger partial charge in [0.15, 0.2) is 0 Å². The Hall–Kier alpha value is -4.73. The van der Waals surface area contributed by atoms with Gasteiger partial charge in [-0.2, -0.15) is 0 Å². The molecule has 1 aliphatic rings. The number of nitrogens with one attached hydrogen (secondary N) is 2. The van der Waals surface area contributed by atoms with E-state index in [1.807, 2.05) is 37.5 Å². The van der Waals surface area contributed by atoms with Crippen LogP contribution in [-0.2, 0) is 9.59 Å². The first kappa shape index (κ1) is 23.4. The third-order valence-corrected chi connectivity index (χ3v) is 5.63. The number of anilines is 1. The van der Waals surface area contributed by atoms with Gasteiger partial charge in [-0.3, -0.25) is 19.7 Å². The largest absolute Gasteiger partial charge is 0.329 e. The standard InChI is InChI=1S/C25H23N5O5/c1-15-6-4-7-19(10-15)26-23(31)14-28-24(32)22(27-25(28)33)12-18-11-16(2)29(17(18)3)20-8-5-9-21(13-20)30(34)35/h4-13H,14H2,1-3H3,(H,26,31)(H,27,33)/b22-12+. The fourth-order valence-corrected chi connectivity index (χ4v) is 4.01. The van der Waals surface area contributed by atoms with Gasteiger partial charge in [0.05, 0.1) is 10.6 Å². The summed E-state index contributed by atoms with van der Waals surface area (Å²) in [5, 5.41) is 16.4. The first-order valence-electron chi connectivity index (χ1n) is 10.8. The molecule has 0 aliphatic carbocycles. The number of imide groups is 1. The summed E-state index contributed by atoms with van der Waals surface area (Å²) in [5.41, 5.74) is 4.33. The molecule has 178 valence electrons. The van der Waals surface area contributed by atoms with Crippen molar-refractivity contribution in [1.82, 2.24) is 14.8 Å². The van der Waals surface area contributed by atoms with E-state index < -0.39 is 29.3 Å². The average molecular weight is 473 g/mol. The minimum atomic E-state index is -0.687. The number of nitrogens with zero attached hydrogens (tertiary/aromatic N) is 3. The number of aryl methyl sites for hydroxylation is 2. The second kappa shape index (κ2) is 9.26. The maximum absolute atomic E-state index is 12.9. The van der Waals surface area contributed by atoms with Crippen LogP contribution in [0.2, 0.25) is 0 Å². The SMILES string of the molecule is Cc1cccc(NC(=O)CN2C(=O)N/C(=C/c3cc(C)n(-c4cccc([N+](=O)[O-])c4)c3C)C2=O)c1. The third kappa shape index (κ3) is 4.81. The normalized spacial score (nSPS) is 14.4. The molecule has 1 aliphatic heterocycles. The zero-order valence-electron chi connectivity index (χ0n) is 19.4. The van der Waals surface area contributed by atoms with Crippen molar-refractivity contribution >= 4 is 35.3 Å². The molecule has 10 nitrogen and oxygen atoms in total. The van der Waals surface area contributed by atoms with Crippen LogP contribution >= 0.6 is 0 Å². The van der Waals surface area contributed by atoms with Crippen molar-refractivity contribution in [3.8, 4) is 5.69 Å². The number of aromatic nitrogens is 1. The lowest BCUT2D eigenvalue weighted by atomic mass is 10.2. The third-order valence-electron chi connectivity index (χ3n) is 5.63. The number of carbonyl (C=O) groups is 3. The van der Waals surface area contributed by atoms with Gasteiger partial charge in [-0.1, -0.05) is 18.2 Å². The number of hydrogen-bond donors (Lipinski definition) is 2. The molecular formula is C25H23N5O5. The first-order chi connectivity index (χ1) is 16.6. The van der Waals surface area contributed by atoms with Crippen molar-refractivity contribution in [1.29, 1.82) is 0 Å². The predicted octanol–water partition coefficient (Wildman–Crippen LogP) is 3.84. The van der Waals surface area contributed by atoms with Crippen LogP contribution in [0.25, 0.3) is 11.8 Å². The molecule has 1 aromatic heterocycles. The van der Waals surface area contributed by atoms with Crippen LogP contribution < -0.4 is 10.6 Å². The van der Waals surface area contributed by atoms with E-state index in [1.165, 1.54) is 18.2 Å². The fraction of sp³-hybridized carbons (Fsp3) is 0.160. The highest BCUT2D eigenvalue weighted by molar-refractivity contribution is 6.16. The Bertz CT molecular complexity index is 1400. The lowest BCUT2D eigenvalue weighted by molar-refractivity contribution is -0.384. The zero-order valence-corrected chi connectivity index (χ0v) is 19.4. The Labute approximate surface area is 201 Å². The fourth-order valence-electron chi connectivity index (χ4n) is 4.01. The van der Waals surface area contributed by atoms with Crippen LogP contribution in [0.4, 0.5) is 16.2 Å². The van der Waals surface area contributed by atoms with E-state index in [0.29, 0.717) is 16.9 Å². The number of non-ortho nitro benzene ring substituents is 1. The van der Waals surface area contributed by atoms with Gasteiger partial charge in [-0.15, -0.1) is 0 Å². The second-order valence-corrected chi connectivity index (χ2v) is 8.24. The quantitative estimate of drug-likeness (QED) is 0.243. The smallest absolute Gasteiger partial charge is 0.325 e. The number of nitro benzene ring substituents is 1. The highest BCUT2D eigenvalue weighted by Gasteiger charge is 2.35. The molecule has 1 saturated heterocycles. The minimum absolute atomic E-state index is 0.0345. The lowest BCUT2D eigenvalue weighted by Gasteiger charge is -2.12. The number of nitro groups is 1. The van der Waals surface area contributed by atoms with Crippen molar-refractivity contribution < 1.29 is 19.3 Å². The number of hydrogen-bond acceptors (Lipinski definition) is 5. The van der Waals surface area contributed by atoms with Gasteiger partial charge >= 0.3 is 6.03 Å². The number of carbonyl (C=O) groups excluding carboxylic acids is 3. The van der Waals surface area contributed by atoms with Gasteiger partial charge in [0, 0.05) is 29.2 Å². The molecule has 0 spiro atoms. The molecule has 1 fully saturated rings. The highest BCUT2D eigenvalue weighted by Crippen LogP contribution is 2.26. The number of amides is 4. The molecular weight excluding hydrogens is 450 g/mol. The molecule has 0 atom stereocenters. The highest BCUT2D eigenvalue weighted by atomic mass is 16.6. The summed E-state index contributed by atoms with van der Waals surface area (Å²) >= 11 is 0. The van der Waals surface area contributed by atoms with Gasteiger partial charge in [0.25, 0.3) is 11.6 Å². The molecule has 0 unspecified atom stereocenters. The Morgan fingerprint density at radius 2 is 1.83 bits per heavy atom. The van der Waals surface area contributed by atoms with Crippen molar-refractivity contribution in [2.75, 3.05) is 11.9 Å². The number of urea groups is 1. The Morgan fingerprint density at radius 1 is 1.09 bits per heavy atom. The van der Waals surface area contributed by atoms with E-state index in [2.05, 4.69) is 10.6 Å². The summed E-state index contributed by atoms with van der Waals surface area (Å²) in [4.78, 5) is 49.2. The lowest BCUT2D eigenvalue weighted by Crippen LogP contribution is -2.38. The molecule has 0 bridgehead atoms. The van der Waals surface area contributed by atoms with Gasteiger partial charge in [-0.05, 0) is 62.2 Å². The van der Waals surface area contributed by atoms with E-state index in [0.717, 1.165) is 21.9 Å². The molecule has 2 aromatic carbocycles. The summed E-state index contributed by atoms with van der Waals surface area (Å²) in [6, 6.07) is 14.5. The van der Waals surface area contributed by atoms with E-state index in [4.69, 9.17) is 0 Å². The first-order valence-corrected chi connectivity index (χ1v) is 10.8. The van der Waals surface area contributed by atoms with Crippen LogP contribution in [0.3, 0.4) is 0 Å². The molecule has 4 amide bonds. The predicted molar refractivity (Wildman–Crippen MR) is 130 cm³/mol. The molecule has 2 N–H and O–H groups in total. The summed E-state index contributed by atoms with van der Waals surface area (Å²) in [7, 11) is 0. The maximum atomic E-state index is 12.9. The summed E-state index contributed by atoms with van der Waals surface area (Å²) in [6.45, 7) is 5.11. The average Bonchev–Trinajstić information content (AvgIpc) is 3.23. The Balaban J connectivity index is 1.55. The summed E-state index contributed by atoms with van der Waals surface area (Å²) in [6.07, 6.45) is 1.54. The molecule has 3 aromatic rings. The van der Waals surface area contributed by atoms with Crippen LogP contribution in [-0.4, -0.2) is 38.8 Å². The van der Waals surface area contributed by atoms with Crippen molar-refractivity contribution in [2.45, 2.75) is 20.8 Å². The van der Waals surface area contributed by atoms with Crippen LogP contribution in [0.15, 0.2) is 60.3 Å². The monoisotopic (exact) mass is 473 g/mol. The van der Waals surface area contributed by atoms with Gasteiger partial charge in [0.1, 0.15) is 12.2 Å². The van der Waals surface area contributed by atoms with Gasteiger partial charge in [0.2, 0.25) is 5.91 Å². The second-order valence-electron chi connectivity index (χ2n) is 8.24. The molecule has 2 heterocycles. The summed E-state index contributed by atoms with van der Waals surface area (Å²) < 4.78 is 1.83. The molecule has 35 heavy (non-hydrogen) atoms. The zero-order chi connectivity index (χ0) is 25.3. The molecule has 4 rings (SSSR count). The Kier molecular flexibility index (Phi) is 6.20.